The number of hydrogen-bond donors (Lipinski definition) is 1. The minimum Gasteiger partial charge on any atom is -0.497 e. The summed E-state index contributed by atoms with van der Waals surface area (Å²) >= 11 is 0. The van der Waals surface area contributed by atoms with Gasteiger partial charge in [0, 0.05) is 36.2 Å². The standard InChI is InChI=1S/C32H34N4O4/c1-22-6-10-24(11-7-22)29-20-36(26-14-8-23(2)9-15-26)32(33-29)34-30(37)21-35(19-28-5-4-18-40-28)31(38)25-12-16-27(39-3)17-13-25/h6-17,20,28H,4-5,18-19,21H2,1-3H3,(H,33,34,37)/t28-/m1/s1. The lowest BCUT2D eigenvalue weighted by Gasteiger charge is -2.25. The molecule has 8 nitrogen and oxygen atoms in total. The maximum Gasteiger partial charge on any atom is 0.254 e. The summed E-state index contributed by atoms with van der Waals surface area (Å²) in [5, 5.41) is 2.96. The molecule has 1 aromatic heterocycles. The zero-order chi connectivity index (χ0) is 28.1. The van der Waals surface area contributed by atoms with Crippen molar-refractivity contribution in [1.29, 1.82) is 0 Å². The normalized spacial score (nSPS) is 14.6. The number of methoxy groups -OCH3 is 1. The molecule has 206 valence electrons. The van der Waals surface area contributed by atoms with Gasteiger partial charge in [-0.15, -0.1) is 0 Å². The van der Waals surface area contributed by atoms with Crippen molar-refractivity contribution in [2.75, 3.05) is 32.1 Å². The predicted molar refractivity (Wildman–Crippen MR) is 155 cm³/mol. The number of benzene rings is 3. The van der Waals surface area contributed by atoms with Gasteiger partial charge in [-0.3, -0.25) is 19.5 Å². The highest BCUT2D eigenvalue weighted by Crippen LogP contribution is 2.25. The topological polar surface area (TPSA) is 85.7 Å². The molecule has 0 unspecified atom stereocenters. The van der Waals surface area contributed by atoms with Crippen LogP contribution < -0.4 is 10.1 Å². The Morgan fingerprint density at radius 1 is 1.00 bits per heavy atom. The van der Waals surface area contributed by atoms with Crippen molar-refractivity contribution in [3.63, 3.8) is 0 Å². The van der Waals surface area contributed by atoms with E-state index in [1.165, 1.54) is 0 Å². The molecule has 4 aromatic rings. The number of hydrogen-bond acceptors (Lipinski definition) is 5. The van der Waals surface area contributed by atoms with Crippen molar-refractivity contribution in [1.82, 2.24) is 14.5 Å². The molecule has 3 aromatic carbocycles. The molecule has 0 spiro atoms. The number of carbonyl (C=O) groups excluding carboxylic acids is 2. The molecule has 5 rings (SSSR count). The van der Waals surface area contributed by atoms with Gasteiger partial charge in [-0.05, 0) is 63.1 Å². The second kappa shape index (κ2) is 12.2. The zero-order valence-electron chi connectivity index (χ0n) is 23.1. The number of rotatable bonds is 9. The van der Waals surface area contributed by atoms with Crippen LogP contribution in [-0.2, 0) is 9.53 Å². The van der Waals surface area contributed by atoms with Crippen LogP contribution in [0.5, 0.6) is 5.75 Å². The minimum atomic E-state index is -0.339. The van der Waals surface area contributed by atoms with Crippen molar-refractivity contribution in [2.45, 2.75) is 32.8 Å². The number of nitrogens with zero attached hydrogens (tertiary/aromatic N) is 3. The highest BCUT2D eigenvalue weighted by Gasteiger charge is 2.26. The highest BCUT2D eigenvalue weighted by atomic mass is 16.5. The molecular weight excluding hydrogens is 504 g/mol. The van der Waals surface area contributed by atoms with E-state index in [-0.39, 0.29) is 24.5 Å². The van der Waals surface area contributed by atoms with Crippen LogP contribution in [0.2, 0.25) is 0 Å². The predicted octanol–water partition coefficient (Wildman–Crippen LogP) is 5.42. The quantitative estimate of drug-likeness (QED) is 0.307. The third kappa shape index (κ3) is 6.40. The van der Waals surface area contributed by atoms with E-state index >= 15 is 0 Å². The number of aromatic nitrogens is 2. The molecule has 0 radical (unpaired) electrons. The number of nitrogens with one attached hydrogen (secondary N) is 1. The molecule has 1 atom stereocenters. The van der Waals surface area contributed by atoms with E-state index in [1.54, 1.807) is 36.3 Å². The Hall–Kier alpha value is -4.43. The van der Waals surface area contributed by atoms with E-state index in [9.17, 15) is 9.59 Å². The molecular formula is C32H34N4O4. The Morgan fingerprint density at radius 2 is 1.68 bits per heavy atom. The second-order valence-corrected chi connectivity index (χ2v) is 10.1. The smallest absolute Gasteiger partial charge is 0.254 e. The van der Waals surface area contributed by atoms with E-state index in [4.69, 9.17) is 14.5 Å². The number of aryl methyl sites for hydroxylation is 2. The van der Waals surface area contributed by atoms with Crippen LogP contribution in [0.25, 0.3) is 16.9 Å². The summed E-state index contributed by atoms with van der Waals surface area (Å²) in [5.41, 5.74) is 5.33. The van der Waals surface area contributed by atoms with Crippen LogP contribution in [0.4, 0.5) is 5.95 Å². The van der Waals surface area contributed by atoms with E-state index in [1.807, 2.05) is 73.1 Å². The average Bonchev–Trinajstić information content (AvgIpc) is 3.63. The summed E-state index contributed by atoms with van der Waals surface area (Å²) in [6.45, 7) is 4.93. The molecule has 1 aliphatic rings. The first kappa shape index (κ1) is 27.1. The lowest BCUT2D eigenvalue weighted by molar-refractivity contribution is -0.117. The Labute approximate surface area is 234 Å². The van der Waals surface area contributed by atoms with Crippen molar-refractivity contribution >= 4 is 17.8 Å². The number of imidazole rings is 1. The van der Waals surface area contributed by atoms with Gasteiger partial charge in [-0.1, -0.05) is 47.5 Å². The zero-order valence-corrected chi connectivity index (χ0v) is 23.1. The van der Waals surface area contributed by atoms with Crippen LogP contribution >= 0.6 is 0 Å². The van der Waals surface area contributed by atoms with Crippen molar-refractivity contribution in [3.05, 3.63) is 95.7 Å². The van der Waals surface area contributed by atoms with Gasteiger partial charge in [0.25, 0.3) is 5.91 Å². The van der Waals surface area contributed by atoms with Crippen LogP contribution in [0, 0.1) is 13.8 Å². The fourth-order valence-electron chi connectivity index (χ4n) is 4.74. The van der Waals surface area contributed by atoms with Gasteiger partial charge in [0.15, 0.2) is 0 Å². The van der Waals surface area contributed by atoms with Gasteiger partial charge in [0.05, 0.1) is 18.9 Å². The lowest BCUT2D eigenvalue weighted by Crippen LogP contribution is -2.42. The minimum absolute atomic E-state index is 0.0994. The highest BCUT2D eigenvalue weighted by molar-refractivity contribution is 5.99. The Morgan fingerprint density at radius 3 is 2.30 bits per heavy atom. The molecule has 2 heterocycles. The van der Waals surface area contributed by atoms with Gasteiger partial charge in [-0.2, -0.15) is 0 Å². The van der Waals surface area contributed by atoms with Gasteiger partial charge in [-0.25, -0.2) is 4.98 Å². The maximum absolute atomic E-state index is 13.5. The lowest BCUT2D eigenvalue weighted by atomic mass is 10.1. The first-order valence-electron chi connectivity index (χ1n) is 13.5. The van der Waals surface area contributed by atoms with Crippen molar-refractivity contribution in [2.24, 2.45) is 0 Å². The monoisotopic (exact) mass is 538 g/mol. The van der Waals surface area contributed by atoms with Crippen LogP contribution in [0.1, 0.15) is 34.3 Å². The first-order chi connectivity index (χ1) is 19.4. The fraction of sp³-hybridized carbons (Fsp3) is 0.281. The molecule has 1 saturated heterocycles. The number of anilines is 1. The third-order valence-corrected chi connectivity index (χ3v) is 7.02. The third-order valence-electron chi connectivity index (χ3n) is 7.02. The molecule has 1 fully saturated rings. The molecule has 0 bridgehead atoms. The molecule has 0 aliphatic carbocycles. The largest absolute Gasteiger partial charge is 0.497 e. The van der Waals surface area contributed by atoms with Crippen LogP contribution in [0.3, 0.4) is 0 Å². The summed E-state index contributed by atoms with van der Waals surface area (Å²) in [5.74, 6) is 0.468. The SMILES string of the molecule is COc1ccc(C(=O)N(CC(=O)Nc2nc(-c3ccc(C)cc3)cn2-c2ccc(C)cc2)C[C@H]2CCCO2)cc1. The molecule has 2 amide bonds. The summed E-state index contributed by atoms with van der Waals surface area (Å²) in [4.78, 5) is 33.2. The Balaban J connectivity index is 1.40. The van der Waals surface area contributed by atoms with Gasteiger partial charge in [0.1, 0.15) is 12.3 Å². The second-order valence-electron chi connectivity index (χ2n) is 10.1. The van der Waals surface area contributed by atoms with E-state index in [0.29, 0.717) is 30.4 Å². The summed E-state index contributed by atoms with van der Waals surface area (Å²) < 4.78 is 12.9. The van der Waals surface area contributed by atoms with E-state index in [2.05, 4.69) is 5.32 Å². The molecule has 0 saturated carbocycles. The van der Waals surface area contributed by atoms with Gasteiger partial charge >= 0.3 is 0 Å². The summed E-state index contributed by atoms with van der Waals surface area (Å²) in [6, 6.07) is 23.0. The van der Waals surface area contributed by atoms with E-state index in [0.717, 1.165) is 40.9 Å². The first-order valence-corrected chi connectivity index (χ1v) is 13.5. The molecule has 1 N–H and O–H groups in total. The van der Waals surface area contributed by atoms with E-state index < -0.39 is 0 Å². The van der Waals surface area contributed by atoms with Crippen molar-refractivity contribution < 1.29 is 19.1 Å². The molecule has 8 heteroatoms. The maximum atomic E-state index is 13.5. The van der Waals surface area contributed by atoms with Crippen molar-refractivity contribution in [3.8, 4) is 22.7 Å². The summed E-state index contributed by atoms with van der Waals surface area (Å²) in [6.07, 6.45) is 3.61. The number of amides is 2. The van der Waals surface area contributed by atoms with Crippen LogP contribution in [0.15, 0.2) is 79.0 Å². The molecule has 1 aliphatic heterocycles. The van der Waals surface area contributed by atoms with Gasteiger partial charge in [0.2, 0.25) is 11.9 Å². The molecule has 40 heavy (non-hydrogen) atoms. The average molecular weight is 539 g/mol. The Bertz CT molecular complexity index is 1450. The number of ether oxygens (including phenoxy) is 2. The Kier molecular flexibility index (Phi) is 8.26. The van der Waals surface area contributed by atoms with Gasteiger partial charge < -0.3 is 14.4 Å². The summed E-state index contributed by atoms with van der Waals surface area (Å²) in [7, 11) is 1.58. The van der Waals surface area contributed by atoms with Crippen LogP contribution in [-0.4, -0.2) is 59.2 Å². The number of carbonyl (C=O) groups is 2. The fourth-order valence-corrected chi connectivity index (χ4v) is 4.74.